The quantitative estimate of drug-likeness (QED) is 0.859. The highest BCUT2D eigenvalue weighted by Crippen LogP contribution is 2.23. The predicted octanol–water partition coefficient (Wildman–Crippen LogP) is 2.59. The summed E-state index contributed by atoms with van der Waals surface area (Å²) in [5.74, 6) is 0.807. The van der Waals surface area contributed by atoms with Crippen LogP contribution >= 0.6 is 11.6 Å². The standard InChI is InChI=1S/C13H18ClN5O/c1-3-7-19-13(20)11(14)10(8-17-19)18-9(4-2)12-15-5-6-16-12/h5-6,8-9,18H,3-4,7H2,1-2H3,(H,15,16). The van der Waals surface area contributed by atoms with Crippen molar-refractivity contribution in [2.75, 3.05) is 5.32 Å². The van der Waals surface area contributed by atoms with Gasteiger partial charge in [-0.05, 0) is 12.8 Å². The summed E-state index contributed by atoms with van der Waals surface area (Å²) < 4.78 is 1.38. The molecule has 0 saturated carbocycles. The Morgan fingerprint density at radius 2 is 2.30 bits per heavy atom. The third-order valence-corrected chi connectivity index (χ3v) is 3.37. The lowest BCUT2D eigenvalue weighted by Gasteiger charge is -2.17. The largest absolute Gasteiger partial charge is 0.372 e. The predicted molar refractivity (Wildman–Crippen MR) is 79.0 cm³/mol. The monoisotopic (exact) mass is 295 g/mol. The molecule has 0 saturated heterocycles. The van der Waals surface area contributed by atoms with Gasteiger partial charge in [-0.15, -0.1) is 0 Å². The molecule has 2 rings (SSSR count). The normalized spacial score (nSPS) is 12.3. The molecule has 2 aromatic rings. The van der Waals surface area contributed by atoms with Gasteiger partial charge in [-0.25, -0.2) is 9.67 Å². The van der Waals surface area contributed by atoms with Gasteiger partial charge in [-0.2, -0.15) is 5.10 Å². The summed E-state index contributed by atoms with van der Waals surface area (Å²) in [7, 11) is 0. The van der Waals surface area contributed by atoms with Crippen molar-refractivity contribution in [3.63, 3.8) is 0 Å². The van der Waals surface area contributed by atoms with Crippen LogP contribution in [0.25, 0.3) is 0 Å². The van der Waals surface area contributed by atoms with Crippen molar-refractivity contribution in [2.45, 2.75) is 39.3 Å². The van der Waals surface area contributed by atoms with Crippen molar-refractivity contribution in [3.8, 4) is 0 Å². The van der Waals surface area contributed by atoms with Gasteiger partial charge in [0.2, 0.25) is 0 Å². The molecule has 1 atom stereocenters. The molecular weight excluding hydrogens is 278 g/mol. The zero-order valence-electron chi connectivity index (χ0n) is 11.6. The second kappa shape index (κ2) is 6.56. The minimum absolute atomic E-state index is 0.0364. The third-order valence-electron chi connectivity index (χ3n) is 3.01. The van der Waals surface area contributed by atoms with E-state index in [0.717, 1.165) is 18.7 Å². The molecule has 0 radical (unpaired) electrons. The Kier molecular flexibility index (Phi) is 4.79. The molecule has 0 fully saturated rings. The van der Waals surface area contributed by atoms with E-state index in [1.807, 2.05) is 13.8 Å². The van der Waals surface area contributed by atoms with Crippen molar-refractivity contribution in [2.24, 2.45) is 0 Å². The van der Waals surface area contributed by atoms with E-state index >= 15 is 0 Å². The molecule has 1 unspecified atom stereocenters. The number of imidazole rings is 1. The zero-order chi connectivity index (χ0) is 14.5. The Morgan fingerprint density at radius 1 is 1.50 bits per heavy atom. The van der Waals surface area contributed by atoms with E-state index in [1.165, 1.54) is 4.68 Å². The van der Waals surface area contributed by atoms with Gasteiger partial charge in [0.25, 0.3) is 5.56 Å². The maximum Gasteiger partial charge on any atom is 0.287 e. The number of hydrogen-bond acceptors (Lipinski definition) is 4. The lowest BCUT2D eigenvalue weighted by molar-refractivity contribution is 0.567. The molecule has 2 N–H and O–H groups in total. The van der Waals surface area contributed by atoms with Crippen molar-refractivity contribution in [1.82, 2.24) is 19.7 Å². The second-order valence-corrected chi connectivity index (χ2v) is 4.86. The first kappa shape index (κ1) is 14.6. The number of halogens is 1. The van der Waals surface area contributed by atoms with Crippen molar-refractivity contribution in [1.29, 1.82) is 0 Å². The number of aromatic amines is 1. The number of H-pyrrole nitrogens is 1. The molecule has 2 aromatic heterocycles. The fraction of sp³-hybridized carbons (Fsp3) is 0.462. The van der Waals surface area contributed by atoms with Crippen molar-refractivity contribution < 1.29 is 0 Å². The minimum atomic E-state index is -0.271. The van der Waals surface area contributed by atoms with Gasteiger partial charge in [0.1, 0.15) is 10.8 Å². The number of rotatable bonds is 6. The summed E-state index contributed by atoms with van der Waals surface area (Å²) in [6, 6.07) is -0.0364. The number of nitrogens with zero attached hydrogens (tertiary/aromatic N) is 3. The van der Waals surface area contributed by atoms with E-state index in [-0.39, 0.29) is 16.6 Å². The Balaban J connectivity index is 2.25. The fourth-order valence-electron chi connectivity index (χ4n) is 1.96. The number of anilines is 1. The molecule has 0 bridgehead atoms. The first-order valence-electron chi connectivity index (χ1n) is 6.68. The van der Waals surface area contributed by atoms with Gasteiger partial charge in [-0.3, -0.25) is 4.79 Å². The summed E-state index contributed by atoms with van der Waals surface area (Å²) >= 11 is 6.13. The SMILES string of the molecule is CCCn1ncc(NC(CC)c2ncc[nH]2)c(Cl)c1=O. The van der Waals surface area contributed by atoms with Crippen LogP contribution in [0, 0.1) is 0 Å². The van der Waals surface area contributed by atoms with Crippen LogP contribution in [-0.4, -0.2) is 19.7 Å². The van der Waals surface area contributed by atoms with Crippen LogP contribution in [0.2, 0.25) is 5.02 Å². The maximum atomic E-state index is 12.0. The van der Waals surface area contributed by atoms with E-state index < -0.39 is 0 Å². The molecule has 0 aliphatic rings. The summed E-state index contributed by atoms with van der Waals surface area (Å²) in [6.07, 6.45) is 6.68. The summed E-state index contributed by atoms with van der Waals surface area (Å²) in [5.41, 5.74) is 0.264. The van der Waals surface area contributed by atoms with Gasteiger partial charge < -0.3 is 10.3 Å². The topological polar surface area (TPSA) is 75.6 Å². The average Bonchev–Trinajstić information content (AvgIpc) is 2.97. The van der Waals surface area contributed by atoms with Crippen LogP contribution in [0.5, 0.6) is 0 Å². The summed E-state index contributed by atoms with van der Waals surface area (Å²) in [4.78, 5) is 19.3. The van der Waals surface area contributed by atoms with E-state index in [9.17, 15) is 4.79 Å². The van der Waals surface area contributed by atoms with Gasteiger partial charge in [0.05, 0.1) is 17.9 Å². The Hall–Kier alpha value is -1.82. The van der Waals surface area contributed by atoms with Crippen LogP contribution in [0.3, 0.4) is 0 Å². The molecule has 6 nitrogen and oxygen atoms in total. The zero-order valence-corrected chi connectivity index (χ0v) is 12.3. The van der Waals surface area contributed by atoms with Crippen LogP contribution in [-0.2, 0) is 6.54 Å². The number of hydrogen-bond donors (Lipinski definition) is 2. The van der Waals surface area contributed by atoms with E-state index in [0.29, 0.717) is 12.2 Å². The molecule has 0 aliphatic carbocycles. The summed E-state index contributed by atoms with van der Waals surface area (Å²) in [6.45, 7) is 4.58. The summed E-state index contributed by atoms with van der Waals surface area (Å²) in [5, 5.41) is 7.50. The lowest BCUT2D eigenvalue weighted by atomic mass is 10.2. The Labute approximate surface area is 122 Å². The number of nitrogens with one attached hydrogen (secondary N) is 2. The second-order valence-electron chi connectivity index (χ2n) is 4.48. The highest BCUT2D eigenvalue weighted by atomic mass is 35.5. The fourth-order valence-corrected chi connectivity index (χ4v) is 2.16. The van der Waals surface area contributed by atoms with Gasteiger partial charge in [0.15, 0.2) is 0 Å². The van der Waals surface area contributed by atoms with E-state index in [4.69, 9.17) is 11.6 Å². The average molecular weight is 296 g/mol. The Morgan fingerprint density at radius 3 is 2.90 bits per heavy atom. The Bertz CT molecular complexity index is 608. The highest BCUT2D eigenvalue weighted by molar-refractivity contribution is 6.32. The van der Waals surface area contributed by atoms with Crippen LogP contribution in [0.15, 0.2) is 23.4 Å². The molecule has 0 aromatic carbocycles. The van der Waals surface area contributed by atoms with Gasteiger partial charge >= 0.3 is 0 Å². The molecule has 0 amide bonds. The lowest BCUT2D eigenvalue weighted by Crippen LogP contribution is -2.25. The first-order valence-corrected chi connectivity index (χ1v) is 7.06. The molecule has 20 heavy (non-hydrogen) atoms. The maximum absolute atomic E-state index is 12.0. The van der Waals surface area contributed by atoms with E-state index in [2.05, 4.69) is 20.4 Å². The van der Waals surface area contributed by atoms with Crippen LogP contribution < -0.4 is 10.9 Å². The molecule has 2 heterocycles. The van der Waals surface area contributed by atoms with Crippen LogP contribution in [0.4, 0.5) is 5.69 Å². The van der Waals surface area contributed by atoms with E-state index in [1.54, 1.807) is 18.6 Å². The smallest absolute Gasteiger partial charge is 0.287 e. The van der Waals surface area contributed by atoms with Crippen molar-refractivity contribution in [3.05, 3.63) is 39.8 Å². The van der Waals surface area contributed by atoms with Gasteiger partial charge in [-0.1, -0.05) is 25.4 Å². The highest BCUT2D eigenvalue weighted by Gasteiger charge is 2.15. The van der Waals surface area contributed by atoms with Crippen molar-refractivity contribution >= 4 is 17.3 Å². The molecule has 7 heteroatoms. The van der Waals surface area contributed by atoms with Crippen LogP contribution in [0.1, 0.15) is 38.6 Å². The minimum Gasteiger partial charge on any atom is -0.372 e. The molecule has 0 spiro atoms. The number of aromatic nitrogens is 4. The first-order chi connectivity index (χ1) is 9.67. The molecule has 0 aliphatic heterocycles. The molecule has 108 valence electrons. The molecular formula is C13H18ClN5O. The number of aryl methyl sites for hydroxylation is 1. The third kappa shape index (κ3) is 3.01. The van der Waals surface area contributed by atoms with Gasteiger partial charge in [0, 0.05) is 18.9 Å².